The van der Waals surface area contributed by atoms with Crippen molar-refractivity contribution in [2.45, 2.75) is 31.8 Å². The molecule has 3 nitrogen and oxygen atoms in total. The van der Waals surface area contributed by atoms with Crippen LogP contribution in [0.15, 0.2) is 24.4 Å². The Morgan fingerprint density at radius 3 is 2.65 bits per heavy atom. The summed E-state index contributed by atoms with van der Waals surface area (Å²) >= 11 is 0. The summed E-state index contributed by atoms with van der Waals surface area (Å²) < 4.78 is 0. The number of piperidine rings is 1. The van der Waals surface area contributed by atoms with Crippen LogP contribution in [-0.4, -0.2) is 36.1 Å². The zero-order chi connectivity index (χ0) is 11.4. The highest BCUT2D eigenvalue weighted by atomic mass is 35.5. The molecule has 2 heterocycles. The van der Waals surface area contributed by atoms with Crippen LogP contribution in [0.2, 0.25) is 0 Å². The molecule has 0 spiro atoms. The van der Waals surface area contributed by atoms with Crippen LogP contribution in [0.3, 0.4) is 0 Å². The summed E-state index contributed by atoms with van der Waals surface area (Å²) in [5.41, 5.74) is 1.17. The maximum atomic E-state index is 4.44. The van der Waals surface area contributed by atoms with Gasteiger partial charge in [-0.05, 0) is 52.0 Å². The number of aromatic nitrogens is 1. The monoisotopic (exact) mass is 255 g/mol. The average Bonchev–Trinajstić information content (AvgIpc) is 2.39. The van der Waals surface area contributed by atoms with Gasteiger partial charge in [-0.3, -0.25) is 9.88 Å². The smallest absolute Gasteiger partial charge is 0.0572 e. The highest BCUT2D eigenvalue weighted by Crippen LogP contribution is 2.22. The van der Waals surface area contributed by atoms with Crippen LogP contribution >= 0.6 is 12.4 Å². The van der Waals surface area contributed by atoms with Gasteiger partial charge in [0.2, 0.25) is 0 Å². The number of hydrogen-bond donors (Lipinski definition) is 1. The zero-order valence-electron chi connectivity index (χ0n) is 10.6. The average molecular weight is 256 g/mol. The molecule has 0 bridgehead atoms. The van der Waals surface area contributed by atoms with Crippen LogP contribution in [0.5, 0.6) is 0 Å². The molecular weight excluding hydrogens is 234 g/mol. The zero-order valence-corrected chi connectivity index (χ0v) is 11.4. The quantitative estimate of drug-likeness (QED) is 0.898. The summed E-state index contributed by atoms with van der Waals surface area (Å²) in [6, 6.07) is 7.25. The van der Waals surface area contributed by atoms with E-state index >= 15 is 0 Å². The van der Waals surface area contributed by atoms with Gasteiger partial charge in [-0.15, -0.1) is 12.4 Å². The molecule has 1 fully saturated rings. The van der Waals surface area contributed by atoms with Gasteiger partial charge in [0.25, 0.3) is 0 Å². The summed E-state index contributed by atoms with van der Waals surface area (Å²) in [4.78, 5) is 6.90. The third kappa shape index (κ3) is 3.66. The molecule has 0 aromatic carbocycles. The van der Waals surface area contributed by atoms with E-state index in [9.17, 15) is 0 Å². The molecule has 1 saturated heterocycles. The Morgan fingerprint density at radius 2 is 2.06 bits per heavy atom. The van der Waals surface area contributed by atoms with Crippen LogP contribution in [-0.2, 0) is 0 Å². The van der Waals surface area contributed by atoms with Gasteiger partial charge in [-0.25, -0.2) is 0 Å². The second-order valence-corrected chi connectivity index (χ2v) is 4.58. The second-order valence-electron chi connectivity index (χ2n) is 4.58. The summed E-state index contributed by atoms with van der Waals surface area (Å²) in [7, 11) is 2.22. The maximum Gasteiger partial charge on any atom is 0.0572 e. The van der Waals surface area contributed by atoms with Crippen molar-refractivity contribution < 1.29 is 0 Å². The third-order valence-electron chi connectivity index (χ3n) is 3.61. The van der Waals surface area contributed by atoms with E-state index in [1.165, 1.54) is 18.5 Å². The minimum atomic E-state index is 0. The van der Waals surface area contributed by atoms with Crippen molar-refractivity contribution in [2.75, 3.05) is 20.1 Å². The molecule has 96 valence electrons. The molecule has 4 heteroatoms. The summed E-state index contributed by atoms with van der Waals surface area (Å²) in [5, 5.41) is 3.41. The molecular formula is C13H22ClN3. The molecule has 2 rings (SSSR count). The normalized spacial score (nSPS) is 18.8. The van der Waals surface area contributed by atoms with Crippen molar-refractivity contribution >= 4 is 12.4 Å². The highest BCUT2D eigenvalue weighted by Gasteiger charge is 2.22. The standard InChI is InChI=1S/C13H21N3.ClH/c1-11(13-5-3-4-8-15-13)16(2)12-6-9-14-10-7-12;/h3-5,8,11-12,14H,6-7,9-10H2,1-2H3;1H. The van der Waals surface area contributed by atoms with E-state index < -0.39 is 0 Å². The molecule has 1 aliphatic rings. The van der Waals surface area contributed by atoms with Crippen LogP contribution in [0.25, 0.3) is 0 Å². The fourth-order valence-electron chi connectivity index (χ4n) is 2.36. The first-order chi connectivity index (χ1) is 7.79. The first-order valence-corrected chi connectivity index (χ1v) is 6.12. The van der Waals surface area contributed by atoms with Gasteiger partial charge in [0, 0.05) is 18.3 Å². The number of halogens is 1. The lowest BCUT2D eigenvalue weighted by Crippen LogP contribution is -2.42. The fourth-order valence-corrected chi connectivity index (χ4v) is 2.36. The summed E-state index contributed by atoms with van der Waals surface area (Å²) in [6.07, 6.45) is 4.36. The number of rotatable bonds is 3. The predicted octanol–water partition coefficient (Wildman–Crippen LogP) is 2.25. The molecule has 0 aliphatic carbocycles. The summed E-state index contributed by atoms with van der Waals surface area (Å²) in [6.45, 7) is 4.53. The molecule has 1 aromatic heterocycles. The van der Waals surface area contributed by atoms with Crippen molar-refractivity contribution in [1.29, 1.82) is 0 Å². The Labute approximate surface area is 110 Å². The lowest BCUT2D eigenvalue weighted by molar-refractivity contribution is 0.150. The van der Waals surface area contributed by atoms with E-state index in [4.69, 9.17) is 0 Å². The third-order valence-corrected chi connectivity index (χ3v) is 3.61. The van der Waals surface area contributed by atoms with Gasteiger partial charge in [-0.2, -0.15) is 0 Å². The van der Waals surface area contributed by atoms with E-state index in [1.807, 2.05) is 12.3 Å². The predicted molar refractivity (Wildman–Crippen MR) is 73.6 cm³/mol. The van der Waals surface area contributed by atoms with E-state index in [2.05, 4.69) is 41.3 Å². The first kappa shape index (κ1) is 14.4. The van der Waals surface area contributed by atoms with Crippen molar-refractivity contribution in [2.24, 2.45) is 0 Å². The van der Waals surface area contributed by atoms with E-state index in [1.54, 1.807) is 0 Å². The van der Waals surface area contributed by atoms with Crippen LogP contribution in [0, 0.1) is 0 Å². The number of nitrogens with one attached hydrogen (secondary N) is 1. The van der Waals surface area contributed by atoms with Crippen LogP contribution < -0.4 is 5.32 Å². The number of hydrogen-bond acceptors (Lipinski definition) is 3. The maximum absolute atomic E-state index is 4.44. The highest BCUT2D eigenvalue weighted by molar-refractivity contribution is 5.85. The van der Waals surface area contributed by atoms with Gasteiger partial charge < -0.3 is 5.32 Å². The molecule has 0 radical (unpaired) electrons. The largest absolute Gasteiger partial charge is 0.317 e. The molecule has 1 atom stereocenters. The molecule has 17 heavy (non-hydrogen) atoms. The minimum absolute atomic E-state index is 0. The van der Waals surface area contributed by atoms with Crippen LogP contribution in [0.4, 0.5) is 0 Å². The second kappa shape index (κ2) is 6.94. The summed E-state index contributed by atoms with van der Waals surface area (Å²) in [5.74, 6) is 0. The lowest BCUT2D eigenvalue weighted by atomic mass is 10.0. The van der Waals surface area contributed by atoms with Gasteiger partial charge in [0.05, 0.1) is 5.69 Å². The molecule has 1 unspecified atom stereocenters. The van der Waals surface area contributed by atoms with Gasteiger partial charge in [-0.1, -0.05) is 6.07 Å². The van der Waals surface area contributed by atoms with Crippen molar-refractivity contribution in [3.63, 3.8) is 0 Å². The van der Waals surface area contributed by atoms with Gasteiger partial charge >= 0.3 is 0 Å². The fraction of sp³-hybridized carbons (Fsp3) is 0.615. The number of pyridine rings is 1. The molecule has 1 aromatic rings. The first-order valence-electron chi connectivity index (χ1n) is 6.12. The Hall–Kier alpha value is -0.640. The van der Waals surface area contributed by atoms with E-state index in [0.29, 0.717) is 12.1 Å². The Bertz CT molecular complexity index is 312. The van der Waals surface area contributed by atoms with Crippen molar-refractivity contribution in [3.05, 3.63) is 30.1 Å². The molecule has 1 aliphatic heterocycles. The number of nitrogens with zero attached hydrogens (tertiary/aromatic N) is 2. The molecule has 0 amide bonds. The SMILES string of the molecule is CC(c1ccccn1)N(C)C1CCNCC1.Cl. The van der Waals surface area contributed by atoms with Crippen LogP contribution in [0.1, 0.15) is 31.5 Å². The molecule has 0 saturated carbocycles. The Balaban J connectivity index is 0.00000144. The lowest BCUT2D eigenvalue weighted by Gasteiger charge is -2.35. The molecule has 1 N–H and O–H groups in total. The van der Waals surface area contributed by atoms with Crippen molar-refractivity contribution in [3.8, 4) is 0 Å². The van der Waals surface area contributed by atoms with Crippen molar-refractivity contribution in [1.82, 2.24) is 15.2 Å². The van der Waals surface area contributed by atoms with Gasteiger partial charge in [0.15, 0.2) is 0 Å². The Kier molecular flexibility index (Phi) is 5.89. The minimum Gasteiger partial charge on any atom is -0.317 e. The van der Waals surface area contributed by atoms with E-state index in [-0.39, 0.29) is 12.4 Å². The topological polar surface area (TPSA) is 28.2 Å². The van der Waals surface area contributed by atoms with E-state index in [0.717, 1.165) is 13.1 Å². The van der Waals surface area contributed by atoms with Gasteiger partial charge in [0.1, 0.15) is 0 Å². The Morgan fingerprint density at radius 1 is 1.35 bits per heavy atom.